The zero-order chi connectivity index (χ0) is 11.1. The third-order valence-electron chi connectivity index (χ3n) is 2.62. The maximum Gasteiger partial charge on any atom is 0.231 e. The summed E-state index contributed by atoms with van der Waals surface area (Å²) in [5.41, 5.74) is 6.56. The molecule has 0 radical (unpaired) electrons. The molecule has 1 aromatic rings. The van der Waals surface area contributed by atoms with Crippen molar-refractivity contribution in [2.45, 2.75) is 6.04 Å². The molecule has 84 valence electrons. The van der Waals surface area contributed by atoms with Crippen LogP contribution in [0.25, 0.3) is 0 Å². The van der Waals surface area contributed by atoms with E-state index in [0.29, 0.717) is 29.0 Å². The second-order valence-electron chi connectivity index (χ2n) is 3.66. The monoisotopic (exact) mass is 239 g/mol. The van der Waals surface area contributed by atoms with Gasteiger partial charge in [0.05, 0.1) is 17.6 Å². The Balaban J connectivity index is 1.95. The molecule has 5 nitrogen and oxygen atoms in total. The van der Waals surface area contributed by atoms with E-state index in [9.17, 15) is 0 Å². The molecule has 1 unspecified atom stereocenters. The number of rotatable bonds is 1. The number of fused-ring (bicyclic) bond motifs is 1. The lowest BCUT2D eigenvalue weighted by molar-refractivity contribution is 0.174. The summed E-state index contributed by atoms with van der Waals surface area (Å²) in [6.45, 7) is 0.830. The number of aliphatic imine (C=N–C) groups is 1. The van der Waals surface area contributed by atoms with Crippen LogP contribution in [0.3, 0.4) is 0 Å². The topological polar surface area (TPSA) is 68.9 Å². The SMILES string of the molecule is NC1=NCC(c2cc(Cl)c3c(c2)OCO3)N1. The van der Waals surface area contributed by atoms with Gasteiger partial charge in [0.25, 0.3) is 0 Å². The largest absolute Gasteiger partial charge is 0.454 e. The van der Waals surface area contributed by atoms with Crippen LogP contribution < -0.4 is 20.5 Å². The first-order valence-corrected chi connectivity index (χ1v) is 5.27. The summed E-state index contributed by atoms with van der Waals surface area (Å²) in [5, 5.41) is 3.61. The number of nitrogens with one attached hydrogen (secondary N) is 1. The number of halogens is 1. The lowest BCUT2D eigenvalue weighted by Gasteiger charge is -2.12. The fourth-order valence-electron chi connectivity index (χ4n) is 1.84. The molecule has 2 aliphatic rings. The van der Waals surface area contributed by atoms with Gasteiger partial charge in [-0.2, -0.15) is 0 Å². The maximum absolute atomic E-state index is 6.09. The molecule has 0 aliphatic carbocycles. The molecule has 6 heteroatoms. The van der Waals surface area contributed by atoms with Gasteiger partial charge in [0.2, 0.25) is 6.79 Å². The predicted molar refractivity (Wildman–Crippen MR) is 59.9 cm³/mol. The molecule has 3 N–H and O–H groups in total. The minimum Gasteiger partial charge on any atom is -0.454 e. The second kappa shape index (κ2) is 3.45. The van der Waals surface area contributed by atoms with Gasteiger partial charge in [0.15, 0.2) is 17.5 Å². The van der Waals surface area contributed by atoms with Gasteiger partial charge < -0.3 is 20.5 Å². The van der Waals surface area contributed by atoms with Crippen LogP contribution >= 0.6 is 11.6 Å². The molecule has 0 spiro atoms. The van der Waals surface area contributed by atoms with E-state index >= 15 is 0 Å². The summed E-state index contributed by atoms with van der Waals surface area (Å²) in [6.07, 6.45) is 0. The molecule has 16 heavy (non-hydrogen) atoms. The molecule has 0 saturated carbocycles. The molecule has 0 fully saturated rings. The normalized spacial score (nSPS) is 21.8. The summed E-state index contributed by atoms with van der Waals surface area (Å²) in [7, 11) is 0. The summed E-state index contributed by atoms with van der Waals surface area (Å²) >= 11 is 6.09. The number of hydrogen-bond donors (Lipinski definition) is 2. The van der Waals surface area contributed by atoms with E-state index < -0.39 is 0 Å². The van der Waals surface area contributed by atoms with E-state index in [1.54, 1.807) is 0 Å². The molecule has 2 aliphatic heterocycles. The molecule has 2 heterocycles. The highest BCUT2D eigenvalue weighted by Crippen LogP contribution is 2.41. The average molecular weight is 240 g/mol. The quantitative estimate of drug-likeness (QED) is 0.768. The highest BCUT2D eigenvalue weighted by molar-refractivity contribution is 6.32. The fourth-order valence-corrected chi connectivity index (χ4v) is 2.11. The fraction of sp³-hybridized carbons (Fsp3) is 0.300. The number of guanidine groups is 1. The van der Waals surface area contributed by atoms with Crippen LogP contribution in [0, 0.1) is 0 Å². The smallest absolute Gasteiger partial charge is 0.231 e. The van der Waals surface area contributed by atoms with E-state index in [-0.39, 0.29) is 12.8 Å². The minimum atomic E-state index is 0.0620. The van der Waals surface area contributed by atoms with Gasteiger partial charge in [-0.05, 0) is 17.7 Å². The van der Waals surface area contributed by atoms with Crippen LogP contribution in [0.15, 0.2) is 17.1 Å². The van der Waals surface area contributed by atoms with Crippen molar-refractivity contribution in [1.82, 2.24) is 5.32 Å². The van der Waals surface area contributed by atoms with Crippen LogP contribution in [0.5, 0.6) is 11.5 Å². The highest BCUT2D eigenvalue weighted by Gasteiger charge is 2.23. The van der Waals surface area contributed by atoms with E-state index in [0.717, 1.165) is 5.56 Å². The molecular weight excluding hydrogens is 230 g/mol. The Labute approximate surface area is 97.2 Å². The molecule has 3 rings (SSSR count). The van der Waals surface area contributed by atoms with Crippen molar-refractivity contribution in [3.05, 3.63) is 22.7 Å². The van der Waals surface area contributed by atoms with Crippen molar-refractivity contribution in [3.8, 4) is 11.5 Å². The molecule has 1 aromatic carbocycles. The van der Waals surface area contributed by atoms with Crippen molar-refractivity contribution >= 4 is 17.6 Å². The number of hydrogen-bond acceptors (Lipinski definition) is 5. The van der Waals surface area contributed by atoms with E-state index in [1.165, 1.54) is 0 Å². The van der Waals surface area contributed by atoms with Crippen molar-refractivity contribution in [1.29, 1.82) is 0 Å². The Kier molecular flexibility index (Phi) is 2.07. The van der Waals surface area contributed by atoms with Gasteiger partial charge in [-0.3, -0.25) is 4.99 Å². The molecular formula is C10H10ClN3O2. The second-order valence-corrected chi connectivity index (χ2v) is 4.07. The summed E-state index contributed by atoms with van der Waals surface area (Å²) in [6, 6.07) is 3.81. The third-order valence-corrected chi connectivity index (χ3v) is 2.90. The van der Waals surface area contributed by atoms with E-state index in [1.807, 2.05) is 12.1 Å². The van der Waals surface area contributed by atoms with Crippen LogP contribution in [-0.4, -0.2) is 19.3 Å². The van der Waals surface area contributed by atoms with Gasteiger partial charge in [-0.15, -0.1) is 0 Å². The van der Waals surface area contributed by atoms with Gasteiger partial charge in [0, 0.05) is 0 Å². The maximum atomic E-state index is 6.09. The Morgan fingerprint density at radius 3 is 3.06 bits per heavy atom. The van der Waals surface area contributed by atoms with Gasteiger partial charge >= 0.3 is 0 Å². The Morgan fingerprint density at radius 2 is 2.31 bits per heavy atom. The van der Waals surface area contributed by atoms with Crippen molar-refractivity contribution in [2.75, 3.05) is 13.3 Å². The molecule has 0 amide bonds. The zero-order valence-corrected chi connectivity index (χ0v) is 9.12. The van der Waals surface area contributed by atoms with Crippen LogP contribution in [0.2, 0.25) is 5.02 Å². The Morgan fingerprint density at radius 1 is 1.44 bits per heavy atom. The first kappa shape index (κ1) is 9.59. The lowest BCUT2D eigenvalue weighted by atomic mass is 10.1. The van der Waals surface area contributed by atoms with Crippen molar-refractivity contribution in [3.63, 3.8) is 0 Å². The highest BCUT2D eigenvalue weighted by atomic mass is 35.5. The van der Waals surface area contributed by atoms with E-state index in [4.69, 9.17) is 26.8 Å². The Bertz CT molecular complexity index is 475. The minimum absolute atomic E-state index is 0.0620. The standard InChI is InChI=1S/C10H10ClN3O2/c11-6-1-5(7-3-13-10(12)14-7)2-8-9(6)16-4-15-8/h1-2,7H,3-4H2,(H3,12,13,14). The molecule has 0 aromatic heterocycles. The van der Waals surface area contributed by atoms with Gasteiger partial charge in [-0.1, -0.05) is 11.6 Å². The molecule has 1 atom stereocenters. The van der Waals surface area contributed by atoms with Gasteiger partial charge in [0.1, 0.15) is 0 Å². The zero-order valence-electron chi connectivity index (χ0n) is 8.37. The summed E-state index contributed by atoms with van der Waals surface area (Å²) in [4.78, 5) is 4.09. The number of nitrogens with two attached hydrogens (primary N) is 1. The number of benzene rings is 1. The van der Waals surface area contributed by atoms with Crippen LogP contribution in [0.4, 0.5) is 0 Å². The number of nitrogens with zero attached hydrogens (tertiary/aromatic N) is 1. The van der Waals surface area contributed by atoms with Crippen LogP contribution in [-0.2, 0) is 0 Å². The average Bonchev–Trinajstić information content (AvgIpc) is 2.85. The van der Waals surface area contributed by atoms with Gasteiger partial charge in [-0.25, -0.2) is 0 Å². The van der Waals surface area contributed by atoms with Crippen molar-refractivity contribution < 1.29 is 9.47 Å². The predicted octanol–water partition coefficient (Wildman–Crippen LogP) is 1.03. The third kappa shape index (κ3) is 1.44. The van der Waals surface area contributed by atoms with E-state index in [2.05, 4.69) is 10.3 Å². The van der Waals surface area contributed by atoms with Crippen molar-refractivity contribution in [2.24, 2.45) is 10.7 Å². The summed E-state index contributed by atoms with van der Waals surface area (Å²) < 4.78 is 10.5. The first-order valence-electron chi connectivity index (χ1n) is 4.89. The van der Waals surface area contributed by atoms with Crippen LogP contribution in [0.1, 0.15) is 11.6 Å². The summed E-state index contributed by atoms with van der Waals surface area (Å²) in [5.74, 6) is 1.74. The first-order chi connectivity index (χ1) is 7.74. The lowest BCUT2D eigenvalue weighted by Crippen LogP contribution is -2.29. The number of ether oxygens (including phenoxy) is 2. The Hall–Kier alpha value is -1.62. The molecule has 0 saturated heterocycles. The molecule has 0 bridgehead atoms.